The average molecular weight is 185 g/mol. The van der Waals surface area contributed by atoms with E-state index in [1.54, 1.807) is 11.3 Å². The molecule has 1 aliphatic rings. The molecule has 0 spiro atoms. The minimum Gasteiger partial charge on any atom is -0.327 e. The highest BCUT2D eigenvalue weighted by Gasteiger charge is 2.22. The first-order valence-corrected chi connectivity index (χ1v) is 5.02. The lowest BCUT2D eigenvalue weighted by Gasteiger charge is -2.17. The lowest BCUT2D eigenvalue weighted by atomic mass is 9.95. The molecule has 0 radical (unpaired) electrons. The van der Waals surface area contributed by atoms with Crippen molar-refractivity contribution in [1.29, 1.82) is 0 Å². The molecule has 0 aliphatic heterocycles. The first kappa shape index (κ1) is 8.20. The van der Waals surface area contributed by atoms with Gasteiger partial charge in [-0.1, -0.05) is 0 Å². The standard InChI is InChI=1S/C9H12FNS/c1-5-9(10)7-4-6(11)2-3-8(7)12-5/h6H,2-4,11H2,1H3. The van der Waals surface area contributed by atoms with E-state index in [2.05, 4.69) is 0 Å². The molecule has 0 amide bonds. The highest BCUT2D eigenvalue weighted by atomic mass is 32.1. The normalized spacial score (nSPS) is 22.4. The summed E-state index contributed by atoms with van der Waals surface area (Å²) in [6.45, 7) is 1.84. The summed E-state index contributed by atoms with van der Waals surface area (Å²) in [6, 6.07) is 0.168. The molecule has 2 rings (SSSR count). The Bertz CT molecular complexity index is 306. The van der Waals surface area contributed by atoms with Crippen LogP contribution in [0.25, 0.3) is 0 Å². The molecular weight excluding hydrogens is 173 g/mol. The minimum absolute atomic E-state index is 0.00912. The van der Waals surface area contributed by atoms with E-state index >= 15 is 0 Å². The Morgan fingerprint density at radius 1 is 1.58 bits per heavy atom. The summed E-state index contributed by atoms with van der Waals surface area (Å²) in [5.41, 5.74) is 6.65. The number of fused-ring (bicyclic) bond motifs is 1. The number of thiophene rings is 1. The smallest absolute Gasteiger partial charge is 0.140 e. The Labute approximate surface area is 75.4 Å². The number of rotatable bonds is 0. The van der Waals surface area contributed by atoms with E-state index in [1.165, 1.54) is 4.88 Å². The Hall–Kier alpha value is -0.410. The third-order valence-corrected chi connectivity index (χ3v) is 3.58. The van der Waals surface area contributed by atoms with Crippen LogP contribution in [0.2, 0.25) is 0 Å². The molecule has 3 heteroatoms. The van der Waals surface area contributed by atoms with Gasteiger partial charge >= 0.3 is 0 Å². The third kappa shape index (κ3) is 1.17. The predicted molar refractivity (Wildman–Crippen MR) is 49.0 cm³/mol. The number of hydrogen-bond donors (Lipinski definition) is 1. The molecule has 0 fully saturated rings. The topological polar surface area (TPSA) is 26.0 Å². The van der Waals surface area contributed by atoms with Crippen LogP contribution in [0.15, 0.2) is 0 Å². The lowest BCUT2D eigenvalue weighted by molar-refractivity contribution is 0.542. The first-order chi connectivity index (χ1) is 5.68. The third-order valence-electron chi connectivity index (χ3n) is 2.40. The molecule has 0 saturated carbocycles. The van der Waals surface area contributed by atoms with Crippen LogP contribution in [-0.4, -0.2) is 6.04 Å². The van der Waals surface area contributed by atoms with E-state index in [9.17, 15) is 4.39 Å². The zero-order valence-electron chi connectivity index (χ0n) is 7.06. The molecule has 1 aromatic rings. The molecule has 0 aromatic carbocycles. The highest BCUT2D eigenvalue weighted by Crippen LogP contribution is 2.32. The van der Waals surface area contributed by atoms with Crippen molar-refractivity contribution in [2.24, 2.45) is 5.73 Å². The number of nitrogens with two attached hydrogens (primary N) is 1. The minimum atomic E-state index is -0.00912. The molecule has 1 heterocycles. The van der Waals surface area contributed by atoms with Crippen LogP contribution in [0.5, 0.6) is 0 Å². The Balaban J connectivity index is 2.44. The molecule has 12 heavy (non-hydrogen) atoms. The lowest BCUT2D eigenvalue weighted by Crippen LogP contribution is -2.27. The molecule has 1 nitrogen and oxygen atoms in total. The van der Waals surface area contributed by atoms with Crippen LogP contribution in [-0.2, 0) is 12.8 Å². The van der Waals surface area contributed by atoms with E-state index in [1.807, 2.05) is 6.92 Å². The maximum absolute atomic E-state index is 13.4. The second kappa shape index (κ2) is 2.82. The highest BCUT2D eigenvalue weighted by molar-refractivity contribution is 7.12. The van der Waals surface area contributed by atoms with Crippen LogP contribution in [0.3, 0.4) is 0 Å². The Kier molecular flexibility index (Phi) is 1.93. The van der Waals surface area contributed by atoms with Gasteiger partial charge in [-0.05, 0) is 26.2 Å². The summed E-state index contributed by atoms with van der Waals surface area (Å²) >= 11 is 1.59. The number of hydrogen-bond acceptors (Lipinski definition) is 2. The average Bonchev–Trinajstić information content (AvgIpc) is 2.31. The second-order valence-electron chi connectivity index (χ2n) is 3.38. The number of aryl methyl sites for hydroxylation is 2. The SMILES string of the molecule is Cc1sc2c(c1F)CC(N)CC2. The predicted octanol–water partition coefficient (Wildman–Crippen LogP) is 2.01. The maximum atomic E-state index is 13.4. The molecular formula is C9H12FNS. The first-order valence-electron chi connectivity index (χ1n) is 4.20. The Morgan fingerprint density at radius 2 is 2.33 bits per heavy atom. The molecule has 0 bridgehead atoms. The summed E-state index contributed by atoms with van der Waals surface area (Å²) in [4.78, 5) is 2.03. The fourth-order valence-corrected chi connectivity index (χ4v) is 2.81. The van der Waals surface area contributed by atoms with Gasteiger partial charge in [-0.15, -0.1) is 11.3 Å². The van der Waals surface area contributed by atoms with Gasteiger partial charge in [0.1, 0.15) is 5.82 Å². The quantitative estimate of drug-likeness (QED) is 0.657. The summed E-state index contributed by atoms with van der Waals surface area (Å²) in [6.07, 6.45) is 2.70. The van der Waals surface area contributed by atoms with Gasteiger partial charge in [0.15, 0.2) is 0 Å². The van der Waals surface area contributed by atoms with Crippen LogP contribution in [0.4, 0.5) is 4.39 Å². The zero-order chi connectivity index (χ0) is 8.72. The van der Waals surface area contributed by atoms with Crippen molar-refractivity contribution in [2.45, 2.75) is 32.2 Å². The van der Waals surface area contributed by atoms with Crippen molar-refractivity contribution in [3.63, 3.8) is 0 Å². The van der Waals surface area contributed by atoms with Gasteiger partial charge in [0, 0.05) is 21.4 Å². The largest absolute Gasteiger partial charge is 0.327 e. The van der Waals surface area contributed by atoms with Gasteiger partial charge in [0.2, 0.25) is 0 Å². The molecule has 0 saturated heterocycles. The van der Waals surface area contributed by atoms with Gasteiger partial charge in [-0.25, -0.2) is 4.39 Å². The zero-order valence-corrected chi connectivity index (χ0v) is 7.88. The van der Waals surface area contributed by atoms with Crippen molar-refractivity contribution in [1.82, 2.24) is 0 Å². The van der Waals surface area contributed by atoms with Crippen molar-refractivity contribution < 1.29 is 4.39 Å². The molecule has 1 aromatic heterocycles. The second-order valence-corrected chi connectivity index (χ2v) is 4.69. The van der Waals surface area contributed by atoms with Gasteiger partial charge in [-0.2, -0.15) is 0 Å². The van der Waals surface area contributed by atoms with E-state index < -0.39 is 0 Å². The van der Waals surface area contributed by atoms with Crippen LogP contribution in [0.1, 0.15) is 21.7 Å². The molecule has 1 atom stereocenters. The monoisotopic (exact) mass is 185 g/mol. The van der Waals surface area contributed by atoms with Gasteiger partial charge in [0.05, 0.1) is 0 Å². The molecule has 1 unspecified atom stereocenters. The van der Waals surface area contributed by atoms with Crippen molar-refractivity contribution in [3.05, 3.63) is 21.1 Å². The Morgan fingerprint density at radius 3 is 3.08 bits per heavy atom. The fraction of sp³-hybridized carbons (Fsp3) is 0.556. The summed E-state index contributed by atoms with van der Waals surface area (Å²) in [5, 5.41) is 0. The van der Waals surface area contributed by atoms with E-state index in [-0.39, 0.29) is 11.9 Å². The molecule has 1 aliphatic carbocycles. The van der Waals surface area contributed by atoms with Crippen molar-refractivity contribution in [2.75, 3.05) is 0 Å². The van der Waals surface area contributed by atoms with Gasteiger partial charge in [0.25, 0.3) is 0 Å². The molecule has 2 N–H and O–H groups in total. The van der Waals surface area contributed by atoms with E-state index in [4.69, 9.17) is 5.73 Å². The van der Waals surface area contributed by atoms with Crippen molar-refractivity contribution in [3.8, 4) is 0 Å². The van der Waals surface area contributed by atoms with Gasteiger partial charge < -0.3 is 5.73 Å². The fourth-order valence-electron chi connectivity index (χ4n) is 1.71. The van der Waals surface area contributed by atoms with Crippen LogP contribution >= 0.6 is 11.3 Å². The summed E-state index contributed by atoms with van der Waals surface area (Å²) < 4.78 is 13.4. The van der Waals surface area contributed by atoms with Crippen LogP contribution in [0, 0.1) is 12.7 Å². The van der Waals surface area contributed by atoms with E-state index in [0.29, 0.717) is 0 Å². The van der Waals surface area contributed by atoms with Crippen LogP contribution < -0.4 is 5.73 Å². The summed E-state index contributed by atoms with van der Waals surface area (Å²) in [5.74, 6) is -0.00912. The van der Waals surface area contributed by atoms with E-state index in [0.717, 1.165) is 29.7 Å². The number of halogens is 1. The maximum Gasteiger partial charge on any atom is 0.140 e. The van der Waals surface area contributed by atoms with Gasteiger partial charge in [-0.3, -0.25) is 0 Å². The summed E-state index contributed by atoms with van der Waals surface area (Å²) in [7, 11) is 0. The van der Waals surface area contributed by atoms with Crippen molar-refractivity contribution >= 4 is 11.3 Å². The molecule has 66 valence electrons.